The third-order valence-corrected chi connectivity index (χ3v) is 8.38. The number of hydrazine groups is 1. The largest absolute Gasteiger partial charge is 0.569 e. The van der Waals surface area contributed by atoms with Crippen molar-refractivity contribution in [1.82, 2.24) is 19.5 Å². The molecular weight excluding hydrogens is 673 g/mol. The number of alkyl halides is 3. The van der Waals surface area contributed by atoms with Crippen LogP contribution in [-0.4, -0.2) is 65.2 Å². The SMILES string of the molecule is CC[C@@H](C)[C@@H](C(=O)NS(=O)(=O)c1ccc(-n2nc(C(F)(F)F)cc2-c2ccc(C)cc2)cc1)N(C)/[N+]([O-])=N/OC(C)OC(=O)OC(C)(C)C. The van der Waals surface area contributed by atoms with Gasteiger partial charge in [0, 0.05) is 12.5 Å². The quantitative estimate of drug-likeness (QED) is 0.0759. The van der Waals surface area contributed by atoms with Gasteiger partial charge in [0.2, 0.25) is 5.28 Å². The minimum Gasteiger partial charge on any atom is -0.569 e. The fourth-order valence-electron chi connectivity index (χ4n) is 4.39. The van der Waals surface area contributed by atoms with E-state index in [0.717, 1.165) is 33.5 Å². The number of nitrogens with one attached hydrogen (secondary N) is 1. The second-order valence-corrected chi connectivity index (χ2v) is 13.8. The van der Waals surface area contributed by atoms with Crippen LogP contribution < -0.4 is 4.72 Å². The molecule has 3 atom stereocenters. The lowest BCUT2D eigenvalue weighted by Gasteiger charge is -2.27. The number of amides is 1. The molecule has 1 N–H and O–H groups in total. The van der Waals surface area contributed by atoms with Gasteiger partial charge in [0.25, 0.3) is 22.2 Å². The Balaban J connectivity index is 1.81. The highest BCUT2D eigenvalue weighted by Gasteiger charge is 2.37. The average Bonchev–Trinajstić information content (AvgIpc) is 3.45. The van der Waals surface area contributed by atoms with Gasteiger partial charge in [-0.3, -0.25) is 9.63 Å². The van der Waals surface area contributed by atoms with Crippen molar-refractivity contribution in [3.8, 4) is 16.9 Å². The summed E-state index contributed by atoms with van der Waals surface area (Å²) in [5.41, 5.74) is -0.382. The molecule has 14 nitrogen and oxygen atoms in total. The minimum atomic E-state index is -4.73. The molecule has 49 heavy (non-hydrogen) atoms. The Kier molecular flexibility index (Phi) is 11.9. The molecule has 18 heteroatoms. The Labute approximate surface area is 282 Å². The van der Waals surface area contributed by atoms with Crippen molar-refractivity contribution in [2.24, 2.45) is 11.2 Å². The van der Waals surface area contributed by atoms with Crippen molar-refractivity contribution < 1.29 is 50.5 Å². The first-order valence-corrected chi connectivity index (χ1v) is 16.5. The number of rotatable bonds is 12. The van der Waals surface area contributed by atoms with E-state index < -0.39 is 57.8 Å². The summed E-state index contributed by atoms with van der Waals surface area (Å²) in [5.74, 6) is -1.65. The fourth-order valence-corrected chi connectivity index (χ4v) is 5.38. The zero-order valence-electron chi connectivity index (χ0n) is 28.2. The monoisotopic (exact) mass is 712 g/mol. The zero-order valence-corrected chi connectivity index (χ0v) is 29.0. The number of aromatic nitrogens is 2. The first-order valence-electron chi connectivity index (χ1n) is 15.0. The van der Waals surface area contributed by atoms with Crippen molar-refractivity contribution in [1.29, 1.82) is 0 Å². The van der Waals surface area contributed by atoms with Crippen LogP contribution in [0.1, 0.15) is 59.2 Å². The molecule has 3 aromatic rings. The summed E-state index contributed by atoms with van der Waals surface area (Å²) >= 11 is 0. The highest BCUT2D eigenvalue weighted by atomic mass is 32.2. The molecule has 3 rings (SSSR count). The maximum atomic E-state index is 13.6. The van der Waals surface area contributed by atoms with Crippen molar-refractivity contribution >= 4 is 22.1 Å². The van der Waals surface area contributed by atoms with E-state index in [0.29, 0.717) is 12.0 Å². The van der Waals surface area contributed by atoms with Gasteiger partial charge in [-0.05, 0) is 63.9 Å². The number of halogens is 3. The van der Waals surface area contributed by atoms with E-state index in [-0.39, 0.29) is 21.2 Å². The Morgan fingerprint density at radius 1 is 1.08 bits per heavy atom. The average molecular weight is 713 g/mol. The van der Waals surface area contributed by atoms with E-state index in [1.807, 2.05) is 11.6 Å². The summed E-state index contributed by atoms with van der Waals surface area (Å²) in [6.45, 7) is 11.3. The Morgan fingerprint density at radius 2 is 1.67 bits per heavy atom. The molecule has 1 heterocycles. The van der Waals surface area contributed by atoms with Gasteiger partial charge in [-0.25, -0.2) is 22.6 Å². The summed E-state index contributed by atoms with van der Waals surface area (Å²) in [7, 11) is -3.35. The maximum absolute atomic E-state index is 13.6. The van der Waals surface area contributed by atoms with Gasteiger partial charge in [-0.1, -0.05) is 50.1 Å². The third kappa shape index (κ3) is 10.3. The van der Waals surface area contributed by atoms with Crippen LogP contribution in [0.2, 0.25) is 0 Å². The molecule has 0 fully saturated rings. The molecule has 0 bridgehead atoms. The standard InChI is InChI=1S/C31H39F3N6O8S/c1-9-20(3)27(38(8)40(43)37-48-21(4)46-29(42)47-30(5,6)7)28(41)36-49(44,45)24-16-14-23(15-17-24)39-25(18-26(35-39)31(32,33)34)22-12-10-19(2)11-13-22/h10-18,20-21,27H,9H2,1-8H3,(H,36,41)/b40-37-/t20-,21?,27+/m1/s1. The third-order valence-electron chi connectivity index (χ3n) is 7.01. The summed E-state index contributed by atoms with van der Waals surface area (Å²) < 4.78 is 80.1. The van der Waals surface area contributed by atoms with Crippen molar-refractivity contribution in [2.45, 2.75) is 83.9 Å². The number of carbonyl (C=O) groups is 2. The van der Waals surface area contributed by atoms with E-state index in [1.165, 1.54) is 26.1 Å². The second-order valence-electron chi connectivity index (χ2n) is 12.1. The summed E-state index contributed by atoms with van der Waals surface area (Å²) in [6.07, 6.45) is -6.81. The molecule has 0 radical (unpaired) electrons. The number of carbonyl (C=O) groups excluding carboxylic acids is 2. The van der Waals surface area contributed by atoms with Crippen LogP contribution in [0.3, 0.4) is 0 Å². The zero-order chi connectivity index (χ0) is 36.9. The van der Waals surface area contributed by atoms with E-state index in [1.54, 1.807) is 58.9 Å². The first kappa shape index (κ1) is 38.6. The van der Waals surface area contributed by atoms with Crippen molar-refractivity contribution in [3.63, 3.8) is 0 Å². The fraction of sp³-hybridized carbons (Fsp3) is 0.452. The highest BCUT2D eigenvalue weighted by molar-refractivity contribution is 7.90. The number of nitrogens with zero attached hydrogens (tertiary/aromatic N) is 5. The minimum absolute atomic E-state index is 0.0995. The predicted molar refractivity (Wildman–Crippen MR) is 169 cm³/mol. The highest BCUT2D eigenvalue weighted by Crippen LogP contribution is 2.33. The van der Waals surface area contributed by atoms with Gasteiger partial charge in [-0.15, -0.1) is 5.01 Å². The normalized spacial score (nSPS) is 14.4. The number of likely N-dealkylation sites (N-methyl/N-ethyl adjacent to an activating group) is 1. The molecule has 1 aromatic heterocycles. The van der Waals surface area contributed by atoms with Gasteiger partial charge in [0.1, 0.15) is 5.60 Å². The van der Waals surface area contributed by atoms with Crippen molar-refractivity contribution in [2.75, 3.05) is 7.05 Å². The first-order chi connectivity index (χ1) is 22.6. The molecule has 1 amide bonds. The van der Waals surface area contributed by atoms with E-state index in [2.05, 4.69) is 10.4 Å². The Morgan fingerprint density at radius 3 is 2.20 bits per heavy atom. The van der Waals surface area contributed by atoms with Gasteiger partial charge in [0.15, 0.2) is 11.7 Å². The number of sulfonamides is 1. The molecule has 268 valence electrons. The number of hydrogen-bond donors (Lipinski definition) is 1. The van der Waals surface area contributed by atoms with Gasteiger partial charge in [0.05, 0.1) is 28.3 Å². The number of benzene rings is 2. The van der Waals surface area contributed by atoms with Crippen LogP contribution in [0, 0.1) is 18.0 Å². The molecule has 0 aliphatic carbocycles. The molecule has 0 spiro atoms. The number of ether oxygens (including phenoxy) is 2. The number of aryl methyl sites for hydroxylation is 1. The van der Waals surface area contributed by atoms with Gasteiger partial charge >= 0.3 is 12.3 Å². The molecule has 2 aromatic carbocycles. The van der Waals surface area contributed by atoms with Crippen LogP contribution in [0.4, 0.5) is 18.0 Å². The molecular formula is C31H39F3N6O8S. The lowest BCUT2D eigenvalue weighted by molar-refractivity contribution is -0.713. The van der Waals surface area contributed by atoms with Crippen LogP contribution in [0.15, 0.2) is 64.8 Å². The van der Waals surface area contributed by atoms with E-state index in [9.17, 15) is 36.4 Å². The van der Waals surface area contributed by atoms with Crippen LogP contribution in [-0.2, 0) is 35.3 Å². The van der Waals surface area contributed by atoms with Gasteiger partial charge in [-0.2, -0.15) is 18.3 Å². The van der Waals surface area contributed by atoms with Gasteiger partial charge < -0.3 is 14.7 Å². The van der Waals surface area contributed by atoms with Crippen LogP contribution in [0.5, 0.6) is 0 Å². The van der Waals surface area contributed by atoms with E-state index >= 15 is 0 Å². The topological polar surface area (TPSA) is 167 Å². The summed E-state index contributed by atoms with van der Waals surface area (Å²) in [5, 5.41) is 20.5. The molecule has 0 saturated heterocycles. The second kappa shape index (κ2) is 15.1. The molecule has 0 aliphatic heterocycles. The smallest absolute Gasteiger partial charge is 0.511 e. The Hall–Kier alpha value is -4.87. The maximum Gasteiger partial charge on any atom is 0.511 e. The Bertz CT molecular complexity index is 1760. The van der Waals surface area contributed by atoms with Crippen LogP contribution >= 0.6 is 0 Å². The van der Waals surface area contributed by atoms with Crippen molar-refractivity contribution in [3.05, 3.63) is 71.1 Å². The summed E-state index contributed by atoms with van der Waals surface area (Å²) in [4.78, 5) is 29.5. The summed E-state index contributed by atoms with van der Waals surface area (Å²) in [6, 6.07) is 11.0. The van der Waals surface area contributed by atoms with E-state index in [4.69, 9.17) is 14.3 Å². The molecule has 1 unspecified atom stereocenters. The van der Waals surface area contributed by atoms with Crippen LogP contribution in [0.25, 0.3) is 16.9 Å². The predicted octanol–water partition coefficient (Wildman–Crippen LogP) is 6.12. The lowest BCUT2D eigenvalue weighted by atomic mass is 9.98. The number of hydrogen-bond acceptors (Lipinski definition) is 10. The lowest BCUT2D eigenvalue weighted by Crippen LogP contribution is -2.52. The molecule has 0 saturated carbocycles. The molecule has 0 aliphatic rings.